The maximum Gasteiger partial charge on any atom is 0.119 e. The first-order valence-corrected chi connectivity index (χ1v) is 5.41. The van der Waals surface area contributed by atoms with Crippen molar-refractivity contribution in [1.82, 2.24) is 0 Å². The third kappa shape index (κ3) is 2.73. The Morgan fingerprint density at radius 1 is 1.22 bits per heavy atom. The van der Waals surface area contributed by atoms with Crippen LogP contribution in [0, 0.1) is 11.8 Å². The Labute approximate surface area is 105 Å². The van der Waals surface area contributed by atoms with Gasteiger partial charge in [0.2, 0.25) is 0 Å². The molecule has 18 heavy (non-hydrogen) atoms. The van der Waals surface area contributed by atoms with E-state index in [4.69, 9.17) is 10.3 Å². The Kier molecular flexibility index (Phi) is 3.70. The summed E-state index contributed by atoms with van der Waals surface area (Å²) in [5.74, 6) is 6.59. The van der Waals surface area contributed by atoms with Crippen molar-refractivity contribution >= 4 is 10.8 Å². The van der Waals surface area contributed by atoms with E-state index in [-0.39, 0.29) is 6.54 Å². The summed E-state index contributed by atoms with van der Waals surface area (Å²) in [6, 6.07) is 11.8. The maximum absolute atomic E-state index is 8.13. The van der Waals surface area contributed by atoms with Crippen LogP contribution in [0.1, 0.15) is 5.56 Å². The molecule has 4 nitrogen and oxygen atoms in total. The van der Waals surface area contributed by atoms with Gasteiger partial charge in [0.25, 0.3) is 0 Å². The fraction of sp³-hybridized carbons (Fsp3) is 0.143. The highest BCUT2D eigenvalue weighted by Gasteiger charge is 1.97. The van der Waals surface area contributed by atoms with Gasteiger partial charge in [0.05, 0.1) is 13.7 Å². The first-order chi connectivity index (χ1) is 8.83. The van der Waals surface area contributed by atoms with Crippen LogP contribution in [0.25, 0.3) is 21.2 Å². The molecule has 0 aliphatic rings. The lowest BCUT2D eigenvalue weighted by atomic mass is 10.1. The van der Waals surface area contributed by atoms with E-state index in [9.17, 15) is 0 Å². The van der Waals surface area contributed by atoms with Gasteiger partial charge in [-0.2, -0.15) is 0 Å². The van der Waals surface area contributed by atoms with Crippen LogP contribution < -0.4 is 4.74 Å². The van der Waals surface area contributed by atoms with Gasteiger partial charge in [-0.15, -0.1) is 0 Å². The van der Waals surface area contributed by atoms with Crippen molar-refractivity contribution in [3.05, 3.63) is 52.4 Å². The summed E-state index contributed by atoms with van der Waals surface area (Å²) in [6.07, 6.45) is 0. The Morgan fingerprint density at radius 2 is 2.00 bits per heavy atom. The molecule has 0 heterocycles. The number of ether oxygens (including phenoxy) is 1. The van der Waals surface area contributed by atoms with E-state index in [0.29, 0.717) is 0 Å². The zero-order chi connectivity index (χ0) is 12.8. The van der Waals surface area contributed by atoms with Crippen molar-refractivity contribution < 1.29 is 4.74 Å². The van der Waals surface area contributed by atoms with Gasteiger partial charge >= 0.3 is 0 Å². The third-order valence-electron chi connectivity index (χ3n) is 2.49. The number of fused-ring (bicyclic) bond motifs is 1. The van der Waals surface area contributed by atoms with Crippen LogP contribution in [0.3, 0.4) is 0 Å². The Morgan fingerprint density at radius 3 is 2.78 bits per heavy atom. The number of rotatable bonds is 2. The molecule has 0 radical (unpaired) electrons. The molecule has 0 saturated carbocycles. The number of azide groups is 1. The van der Waals surface area contributed by atoms with Crippen LogP contribution in [0.2, 0.25) is 0 Å². The summed E-state index contributed by atoms with van der Waals surface area (Å²) < 4.78 is 5.17. The Bertz CT molecular complexity index is 676. The van der Waals surface area contributed by atoms with Crippen LogP contribution in [-0.4, -0.2) is 13.7 Å². The lowest BCUT2D eigenvalue weighted by Crippen LogP contribution is -1.83. The first kappa shape index (κ1) is 11.8. The van der Waals surface area contributed by atoms with E-state index in [1.807, 2.05) is 36.4 Å². The van der Waals surface area contributed by atoms with Gasteiger partial charge in [0.15, 0.2) is 0 Å². The Balaban J connectivity index is 2.32. The number of hydrogen-bond donors (Lipinski definition) is 0. The zero-order valence-electron chi connectivity index (χ0n) is 9.92. The highest BCUT2D eigenvalue weighted by atomic mass is 16.5. The van der Waals surface area contributed by atoms with Gasteiger partial charge in [-0.1, -0.05) is 29.1 Å². The molecular formula is C14H11N3O. The topological polar surface area (TPSA) is 58.0 Å². The molecule has 0 fully saturated rings. The van der Waals surface area contributed by atoms with Crippen molar-refractivity contribution in [3.8, 4) is 17.6 Å². The molecule has 0 aliphatic heterocycles. The van der Waals surface area contributed by atoms with Gasteiger partial charge in [-0.3, -0.25) is 0 Å². The molecule has 0 spiro atoms. The molecule has 0 saturated heterocycles. The van der Waals surface area contributed by atoms with Crippen molar-refractivity contribution in [2.24, 2.45) is 5.11 Å². The third-order valence-corrected chi connectivity index (χ3v) is 2.49. The molecule has 2 rings (SSSR count). The molecule has 2 aromatic rings. The molecule has 4 heteroatoms. The van der Waals surface area contributed by atoms with Gasteiger partial charge in [0.1, 0.15) is 5.75 Å². The minimum absolute atomic E-state index is 0.192. The molecule has 0 amide bonds. The van der Waals surface area contributed by atoms with E-state index < -0.39 is 0 Å². The van der Waals surface area contributed by atoms with Crippen molar-refractivity contribution in [1.29, 1.82) is 0 Å². The first-order valence-electron chi connectivity index (χ1n) is 5.41. The number of nitrogens with zero attached hydrogens (tertiary/aromatic N) is 3. The highest BCUT2D eigenvalue weighted by Crippen LogP contribution is 2.21. The number of methoxy groups -OCH3 is 1. The van der Waals surface area contributed by atoms with Crippen molar-refractivity contribution in [2.75, 3.05) is 13.7 Å². The predicted molar refractivity (Wildman–Crippen MR) is 71.4 cm³/mol. The summed E-state index contributed by atoms with van der Waals surface area (Å²) in [5, 5.41) is 5.57. The van der Waals surface area contributed by atoms with Crippen LogP contribution in [0.15, 0.2) is 41.5 Å². The van der Waals surface area contributed by atoms with Crippen molar-refractivity contribution in [3.63, 3.8) is 0 Å². The van der Waals surface area contributed by atoms with E-state index in [1.165, 1.54) is 0 Å². The van der Waals surface area contributed by atoms with Gasteiger partial charge in [-0.25, -0.2) is 0 Å². The van der Waals surface area contributed by atoms with E-state index in [0.717, 1.165) is 22.1 Å². The average molecular weight is 237 g/mol. The van der Waals surface area contributed by atoms with Crippen LogP contribution in [-0.2, 0) is 0 Å². The number of hydrogen-bond acceptors (Lipinski definition) is 2. The van der Waals surface area contributed by atoms with Gasteiger partial charge in [-0.05, 0) is 40.6 Å². The zero-order valence-corrected chi connectivity index (χ0v) is 9.92. The molecule has 88 valence electrons. The summed E-state index contributed by atoms with van der Waals surface area (Å²) in [7, 11) is 1.65. The number of benzene rings is 2. The maximum atomic E-state index is 8.13. The molecule has 0 aliphatic carbocycles. The predicted octanol–water partition coefficient (Wildman–Crippen LogP) is 3.51. The fourth-order valence-electron chi connectivity index (χ4n) is 1.64. The second-order valence-electron chi connectivity index (χ2n) is 3.62. The molecule has 0 atom stereocenters. The minimum Gasteiger partial charge on any atom is -0.497 e. The molecule has 0 bridgehead atoms. The molecule has 0 aromatic heterocycles. The summed E-state index contributed by atoms with van der Waals surface area (Å²) in [5.41, 5.74) is 9.04. The van der Waals surface area contributed by atoms with Crippen molar-refractivity contribution in [2.45, 2.75) is 0 Å². The monoisotopic (exact) mass is 237 g/mol. The SMILES string of the molecule is COc1ccc2cc(C#CCN=[N+]=[N-])ccc2c1. The quantitative estimate of drug-likeness (QED) is 0.341. The normalized spacial score (nSPS) is 9.17. The largest absolute Gasteiger partial charge is 0.497 e. The van der Waals surface area contributed by atoms with E-state index >= 15 is 0 Å². The Hall–Kier alpha value is -2.63. The van der Waals surface area contributed by atoms with Gasteiger partial charge in [0, 0.05) is 10.5 Å². The second-order valence-corrected chi connectivity index (χ2v) is 3.62. The lowest BCUT2D eigenvalue weighted by Gasteiger charge is -2.02. The second kappa shape index (κ2) is 5.62. The molecule has 0 N–H and O–H groups in total. The fourth-order valence-corrected chi connectivity index (χ4v) is 1.64. The average Bonchev–Trinajstić information content (AvgIpc) is 2.43. The minimum atomic E-state index is 0.192. The summed E-state index contributed by atoms with van der Waals surface area (Å²) in [6.45, 7) is 0.192. The lowest BCUT2D eigenvalue weighted by molar-refractivity contribution is 0.415. The summed E-state index contributed by atoms with van der Waals surface area (Å²) in [4.78, 5) is 2.64. The van der Waals surface area contributed by atoms with Gasteiger partial charge < -0.3 is 4.74 Å². The van der Waals surface area contributed by atoms with E-state index in [2.05, 4.69) is 21.9 Å². The van der Waals surface area contributed by atoms with E-state index in [1.54, 1.807) is 7.11 Å². The summed E-state index contributed by atoms with van der Waals surface area (Å²) >= 11 is 0. The van der Waals surface area contributed by atoms with Crippen LogP contribution in [0.4, 0.5) is 0 Å². The highest BCUT2D eigenvalue weighted by molar-refractivity contribution is 5.85. The van der Waals surface area contributed by atoms with Crippen LogP contribution >= 0.6 is 0 Å². The molecule has 2 aromatic carbocycles. The smallest absolute Gasteiger partial charge is 0.119 e. The standard InChI is InChI=1S/C14H11N3O/c1-18-14-7-6-12-9-11(3-2-8-16-17-15)4-5-13(12)10-14/h4-7,9-10H,8H2,1H3. The molecular weight excluding hydrogens is 226 g/mol. The molecule has 0 unspecified atom stereocenters. The van der Waals surface area contributed by atoms with Crippen LogP contribution in [0.5, 0.6) is 5.75 Å².